The van der Waals surface area contributed by atoms with Gasteiger partial charge in [-0.15, -0.1) is 0 Å². The van der Waals surface area contributed by atoms with Crippen LogP contribution >= 0.6 is 11.6 Å². The van der Waals surface area contributed by atoms with Crippen molar-refractivity contribution in [2.45, 2.75) is 19.4 Å². The van der Waals surface area contributed by atoms with E-state index >= 15 is 0 Å². The van der Waals surface area contributed by atoms with E-state index < -0.39 is 34.4 Å². The molecule has 0 spiro atoms. The molecule has 1 atom stereocenters. The van der Waals surface area contributed by atoms with Crippen molar-refractivity contribution in [3.05, 3.63) is 87.4 Å². The maximum absolute atomic E-state index is 13.6. The van der Waals surface area contributed by atoms with Crippen molar-refractivity contribution < 1.29 is 24.0 Å². The van der Waals surface area contributed by atoms with Gasteiger partial charge in [0.15, 0.2) is 0 Å². The van der Waals surface area contributed by atoms with Gasteiger partial charge in [0.1, 0.15) is 16.8 Å². The molecule has 10 nitrogen and oxygen atoms in total. The molecule has 0 radical (unpaired) electrons. The summed E-state index contributed by atoms with van der Waals surface area (Å²) in [6.45, 7) is 2.21. The smallest absolute Gasteiger partial charge is 0.288 e. The van der Waals surface area contributed by atoms with Gasteiger partial charge < -0.3 is 15.4 Å². The highest BCUT2D eigenvalue weighted by Crippen LogP contribution is 2.35. The normalized spacial score (nSPS) is 14.4. The average molecular weight is 509 g/mol. The van der Waals surface area contributed by atoms with Crippen LogP contribution in [0.15, 0.2) is 66.7 Å². The number of nitrogens with one attached hydrogen (secondary N) is 2. The first-order chi connectivity index (χ1) is 17.3. The fourth-order valence-corrected chi connectivity index (χ4v) is 4.06. The van der Waals surface area contributed by atoms with Crippen molar-refractivity contribution in [2.24, 2.45) is 0 Å². The van der Waals surface area contributed by atoms with Gasteiger partial charge in [0.05, 0.1) is 35.0 Å². The minimum atomic E-state index is -1.22. The summed E-state index contributed by atoms with van der Waals surface area (Å²) in [6.07, 6.45) is -0.373. The van der Waals surface area contributed by atoms with E-state index in [1.165, 1.54) is 17.0 Å². The van der Waals surface area contributed by atoms with Crippen LogP contribution in [0.2, 0.25) is 5.02 Å². The number of ether oxygens (including phenoxy) is 1. The summed E-state index contributed by atoms with van der Waals surface area (Å²) in [5, 5.41) is 16.7. The minimum absolute atomic E-state index is 0.0531. The Bertz CT molecular complexity index is 1360. The predicted octanol–water partition coefficient (Wildman–Crippen LogP) is 4.64. The molecule has 1 heterocycles. The third-order valence-corrected chi connectivity index (χ3v) is 5.80. The molecular formula is C25H21ClN4O6. The molecule has 2 N–H and O–H groups in total. The number of fused-ring (bicyclic) bond motifs is 1. The van der Waals surface area contributed by atoms with E-state index in [4.69, 9.17) is 16.3 Å². The topological polar surface area (TPSA) is 131 Å². The van der Waals surface area contributed by atoms with E-state index in [1.54, 1.807) is 48.5 Å². The number of nitrogens with zero attached hydrogens (tertiary/aromatic N) is 2. The summed E-state index contributed by atoms with van der Waals surface area (Å²) in [4.78, 5) is 51.5. The molecule has 0 unspecified atom stereocenters. The van der Waals surface area contributed by atoms with Gasteiger partial charge in [-0.2, -0.15) is 0 Å². The quantitative estimate of drug-likeness (QED) is 0.353. The van der Waals surface area contributed by atoms with E-state index in [-0.39, 0.29) is 17.0 Å². The van der Waals surface area contributed by atoms with Crippen LogP contribution in [0.1, 0.15) is 23.7 Å². The molecule has 0 saturated carbocycles. The molecule has 0 aliphatic carbocycles. The predicted molar refractivity (Wildman–Crippen MR) is 135 cm³/mol. The van der Waals surface area contributed by atoms with Crippen molar-refractivity contribution >= 4 is 52.1 Å². The first kappa shape index (κ1) is 24.7. The van der Waals surface area contributed by atoms with Gasteiger partial charge in [-0.05, 0) is 43.3 Å². The highest BCUT2D eigenvalue weighted by Gasteiger charge is 2.39. The summed E-state index contributed by atoms with van der Waals surface area (Å²) in [6, 6.07) is 15.9. The molecule has 1 aliphatic heterocycles. The van der Waals surface area contributed by atoms with E-state index in [0.717, 1.165) is 6.07 Å². The highest BCUT2D eigenvalue weighted by molar-refractivity contribution is 6.33. The number of halogens is 1. The Hall–Kier alpha value is -4.44. The maximum Gasteiger partial charge on any atom is 0.288 e. The van der Waals surface area contributed by atoms with Gasteiger partial charge in [-0.25, -0.2) is 0 Å². The lowest BCUT2D eigenvalue weighted by molar-refractivity contribution is -0.384. The Morgan fingerprint density at radius 2 is 1.86 bits per heavy atom. The van der Waals surface area contributed by atoms with Crippen LogP contribution in [0.5, 0.6) is 5.75 Å². The molecule has 0 aromatic heterocycles. The van der Waals surface area contributed by atoms with Crippen molar-refractivity contribution in [1.82, 2.24) is 0 Å². The van der Waals surface area contributed by atoms with Crippen LogP contribution in [-0.4, -0.2) is 35.3 Å². The lowest BCUT2D eigenvalue weighted by Gasteiger charge is -2.36. The summed E-state index contributed by atoms with van der Waals surface area (Å²) in [5.74, 6) is -1.32. The number of rotatable bonds is 7. The fraction of sp³-hybridized carbons (Fsp3) is 0.160. The number of carbonyl (C=O) groups is 3. The number of hydrogen-bond acceptors (Lipinski definition) is 6. The Morgan fingerprint density at radius 3 is 2.61 bits per heavy atom. The second kappa shape index (κ2) is 10.4. The van der Waals surface area contributed by atoms with Crippen LogP contribution in [0.25, 0.3) is 0 Å². The van der Waals surface area contributed by atoms with Gasteiger partial charge in [-0.1, -0.05) is 35.9 Å². The first-order valence-electron chi connectivity index (χ1n) is 11.0. The molecule has 184 valence electrons. The summed E-state index contributed by atoms with van der Waals surface area (Å²) in [5.41, 5.74) is 0.652. The Kier molecular flexibility index (Phi) is 7.16. The van der Waals surface area contributed by atoms with Gasteiger partial charge >= 0.3 is 0 Å². The molecule has 0 saturated heterocycles. The fourth-order valence-electron chi connectivity index (χ4n) is 3.88. The highest BCUT2D eigenvalue weighted by atomic mass is 35.5. The number of benzene rings is 3. The monoisotopic (exact) mass is 508 g/mol. The SMILES string of the molecule is CCOc1ccccc1NC(=O)C[C@H]1C(=O)Nc2ccccc2N1C(=O)c1ccc(Cl)c([N+](=O)[O-])c1. The number of anilines is 3. The Morgan fingerprint density at radius 1 is 1.14 bits per heavy atom. The van der Waals surface area contributed by atoms with Crippen LogP contribution in [0, 0.1) is 10.1 Å². The van der Waals surface area contributed by atoms with Crippen molar-refractivity contribution in [2.75, 3.05) is 22.1 Å². The van der Waals surface area contributed by atoms with E-state index in [2.05, 4.69) is 10.6 Å². The summed E-state index contributed by atoms with van der Waals surface area (Å²) >= 11 is 5.90. The first-order valence-corrected chi connectivity index (χ1v) is 11.4. The molecule has 36 heavy (non-hydrogen) atoms. The molecular weight excluding hydrogens is 488 g/mol. The van der Waals surface area contributed by atoms with Gasteiger partial charge in [-0.3, -0.25) is 29.4 Å². The van der Waals surface area contributed by atoms with Crippen LogP contribution in [0.3, 0.4) is 0 Å². The third kappa shape index (κ3) is 4.98. The summed E-state index contributed by atoms with van der Waals surface area (Å²) in [7, 11) is 0. The van der Waals surface area contributed by atoms with Crippen molar-refractivity contribution in [3.63, 3.8) is 0 Å². The zero-order valence-electron chi connectivity index (χ0n) is 19.1. The number of para-hydroxylation sites is 4. The van der Waals surface area contributed by atoms with Crippen molar-refractivity contribution in [3.8, 4) is 5.75 Å². The molecule has 0 bridgehead atoms. The minimum Gasteiger partial charge on any atom is -0.492 e. The number of amides is 3. The summed E-state index contributed by atoms with van der Waals surface area (Å²) < 4.78 is 5.53. The molecule has 11 heteroatoms. The second-order valence-electron chi connectivity index (χ2n) is 7.80. The Labute approximate surface area is 211 Å². The third-order valence-electron chi connectivity index (χ3n) is 5.48. The Balaban J connectivity index is 1.68. The zero-order valence-corrected chi connectivity index (χ0v) is 19.8. The molecule has 3 aromatic rings. The van der Waals surface area contributed by atoms with E-state index in [9.17, 15) is 24.5 Å². The molecule has 1 aliphatic rings. The van der Waals surface area contributed by atoms with Gasteiger partial charge in [0.25, 0.3) is 11.6 Å². The van der Waals surface area contributed by atoms with E-state index in [1.807, 2.05) is 6.92 Å². The molecule has 0 fully saturated rings. The van der Waals surface area contributed by atoms with Gasteiger partial charge in [0.2, 0.25) is 11.8 Å². The lowest BCUT2D eigenvalue weighted by Crippen LogP contribution is -2.52. The average Bonchev–Trinajstić information content (AvgIpc) is 2.85. The number of hydrogen-bond donors (Lipinski definition) is 2. The van der Waals surface area contributed by atoms with E-state index in [0.29, 0.717) is 29.4 Å². The standard InChI is InChI=1S/C25H21ClN4O6/c1-2-36-22-10-6-4-8-18(22)27-23(31)14-21-24(32)28-17-7-3-5-9-19(17)29(21)25(33)15-11-12-16(26)20(13-15)30(34)35/h3-13,21H,2,14H2,1H3,(H,27,31)(H,28,32)/t21-/m0/s1. The molecule has 3 amide bonds. The van der Waals surface area contributed by atoms with Crippen molar-refractivity contribution in [1.29, 1.82) is 0 Å². The van der Waals surface area contributed by atoms with Crippen LogP contribution in [0.4, 0.5) is 22.7 Å². The number of nitro benzene ring substituents is 1. The number of carbonyl (C=O) groups excluding carboxylic acids is 3. The lowest BCUT2D eigenvalue weighted by atomic mass is 10.0. The molecule has 3 aromatic carbocycles. The number of nitro groups is 1. The maximum atomic E-state index is 13.6. The largest absolute Gasteiger partial charge is 0.492 e. The molecule has 4 rings (SSSR count). The van der Waals surface area contributed by atoms with Crippen LogP contribution < -0.4 is 20.3 Å². The zero-order chi connectivity index (χ0) is 25.8. The second-order valence-corrected chi connectivity index (χ2v) is 8.21. The van der Waals surface area contributed by atoms with Gasteiger partial charge in [0, 0.05) is 11.6 Å². The van der Waals surface area contributed by atoms with Crippen LogP contribution in [-0.2, 0) is 9.59 Å².